The second-order valence-electron chi connectivity index (χ2n) is 2.54. The van der Waals surface area contributed by atoms with E-state index < -0.39 is 7.82 Å². The first-order valence-corrected chi connectivity index (χ1v) is 5.84. The molecule has 0 saturated heterocycles. The summed E-state index contributed by atoms with van der Waals surface area (Å²) in [5.41, 5.74) is 0. The van der Waals surface area contributed by atoms with Crippen molar-refractivity contribution in [3.05, 3.63) is 0 Å². The van der Waals surface area contributed by atoms with Crippen LogP contribution in [0.4, 0.5) is 4.53 Å². The molecule has 1 unspecified atom stereocenters. The van der Waals surface area contributed by atoms with Gasteiger partial charge in [0.2, 0.25) is 0 Å². The molecule has 0 rings (SSSR count). The summed E-state index contributed by atoms with van der Waals surface area (Å²) in [6.45, 7) is 4.10. The summed E-state index contributed by atoms with van der Waals surface area (Å²) in [4.78, 5) is 0. The van der Waals surface area contributed by atoms with E-state index in [0.717, 1.165) is 6.42 Å². The van der Waals surface area contributed by atoms with Crippen LogP contribution in [0.25, 0.3) is 0 Å². The molecular formula is C7H16FO4P. The lowest BCUT2D eigenvalue weighted by Gasteiger charge is -2.11. The third-order valence-electron chi connectivity index (χ3n) is 1.29. The minimum Gasteiger partial charge on any atom is -0.285 e. The molecule has 0 radical (unpaired) electrons. The third-order valence-corrected chi connectivity index (χ3v) is 2.45. The molecule has 0 bridgehead atoms. The second-order valence-corrected chi connectivity index (χ2v) is 4.09. The molecule has 0 aromatic carbocycles. The van der Waals surface area contributed by atoms with Crippen LogP contribution in [-0.4, -0.2) is 13.2 Å². The Bertz CT molecular complexity index is 165. The second kappa shape index (κ2) is 7.44. The molecule has 0 aliphatic rings. The lowest BCUT2D eigenvalue weighted by atomic mass is 10.4. The lowest BCUT2D eigenvalue weighted by molar-refractivity contribution is -0.0570. The summed E-state index contributed by atoms with van der Waals surface area (Å²) in [6.07, 6.45) is 2.20. The van der Waals surface area contributed by atoms with Crippen LogP contribution >= 0.6 is 7.82 Å². The van der Waals surface area contributed by atoms with Gasteiger partial charge >= 0.3 is 7.82 Å². The Balaban J connectivity index is 3.75. The monoisotopic (exact) mass is 214 g/mol. The van der Waals surface area contributed by atoms with Crippen LogP contribution < -0.4 is 0 Å². The number of rotatable bonds is 8. The van der Waals surface area contributed by atoms with E-state index in [2.05, 4.69) is 13.8 Å². The molecule has 0 fully saturated rings. The summed E-state index contributed by atoms with van der Waals surface area (Å²) in [7, 11) is -3.91. The molecule has 80 valence electrons. The van der Waals surface area contributed by atoms with Gasteiger partial charge in [0.05, 0.1) is 13.2 Å². The molecule has 0 spiro atoms. The van der Waals surface area contributed by atoms with Crippen molar-refractivity contribution >= 4 is 7.82 Å². The van der Waals surface area contributed by atoms with E-state index in [1.165, 1.54) is 0 Å². The Morgan fingerprint density at radius 2 is 1.77 bits per heavy atom. The maximum atomic E-state index is 11.8. The fourth-order valence-electron chi connectivity index (χ4n) is 0.601. The van der Waals surface area contributed by atoms with E-state index in [1.807, 2.05) is 13.8 Å². The highest BCUT2D eigenvalue weighted by Gasteiger charge is 2.27. The highest BCUT2D eigenvalue weighted by Crippen LogP contribution is 2.49. The normalized spacial score (nSPS) is 15.6. The lowest BCUT2D eigenvalue weighted by Crippen LogP contribution is -1.98. The first-order chi connectivity index (χ1) is 6.18. The molecule has 0 saturated carbocycles. The van der Waals surface area contributed by atoms with Gasteiger partial charge in [-0.2, -0.15) is 0 Å². The summed E-state index contributed by atoms with van der Waals surface area (Å²) in [6, 6.07) is 0. The van der Waals surface area contributed by atoms with Crippen molar-refractivity contribution in [2.24, 2.45) is 0 Å². The van der Waals surface area contributed by atoms with Gasteiger partial charge in [-0.15, -0.1) is 0 Å². The fourth-order valence-corrected chi connectivity index (χ4v) is 1.51. The van der Waals surface area contributed by atoms with Gasteiger partial charge in [-0.05, 0) is 17.4 Å². The van der Waals surface area contributed by atoms with E-state index in [1.54, 1.807) is 0 Å². The zero-order chi connectivity index (χ0) is 10.2. The van der Waals surface area contributed by atoms with Crippen LogP contribution in [0.15, 0.2) is 0 Å². The molecule has 0 aliphatic carbocycles. The summed E-state index contributed by atoms with van der Waals surface area (Å²) >= 11 is 0. The highest BCUT2D eigenvalue weighted by molar-refractivity contribution is 7.48. The van der Waals surface area contributed by atoms with Gasteiger partial charge in [0.15, 0.2) is 0 Å². The van der Waals surface area contributed by atoms with Crippen LogP contribution in [-0.2, 0) is 18.3 Å². The molecule has 0 aliphatic heterocycles. The molecule has 0 aromatic rings. The van der Waals surface area contributed by atoms with Gasteiger partial charge in [0.1, 0.15) is 0 Å². The average Bonchev–Trinajstić information content (AvgIpc) is 2.15. The Morgan fingerprint density at radius 1 is 1.15 bits per heavy atom. The van der Waals surface area contributed by atoms with E-state index in [0.29, 0.717) is 12.8 Å². The van der Waals surface area contributed by atoms with Crippen molar-refractivity contribution in [2.45, 2.75) is 33.1 Å². The smallest absolute Gasteiger partial charge is 0.285 e. The number of phosphoric acid groups is 1. The number of hydrogen-bond acceptors (Lipinski definition) is 4. The standard InChI is InChI=1S/C7H16FO4P/c1-3-5-7-11-13(9,12-8)10-6-4-2/h3-7H2,1-2H3. The van der Waals surface area contributed by atoms with E-state index >= 15 is 0 Å². The minimum absolute atomic E-state index is 0.160. The van der Waals surface area contributed by atoms with Crippen LogP contribution in [0, 0.1) is 0 Å². The molecule has 6 heteroatoms. The Labute approximate surface area is 77.9 Å². The highest BCUT2D eigenvalue weighted by atomic mass is 31.2. The van der Waals surface area contributed by atoms with Crippen LogP contribution in [0.1, 0.15) is 33.1 Å². The third kappa shape index (κ3) is 6.16. The summed E-state index contributed by atoms with van der Waals surface area (Å²) in [5, 5.41) is 0. The zero-order valence-electron chi connectivity index (χ0n) is 7.99. The molecular weight excluding hydrogens is 198 g/mol. The van der Waals surface area contributed by atoms with Crippen LogP contribution in [0.3, 0.4) is 0 Å². The predicted molar refractivity (Wildman–Crippen MR) is 46.9 cm³/mol. The Morgan fingerprint density at radius 3 is 2.23 bits per heavy atom. The van der Waals surface area contributed by atoms with Gasteiger partial charge < -0.3 is 0 Å². The minimum atomic E-state index is -3.91. The largest absolute Gasteiger partial charge is 0.506 e. The van der Waals surface area contributed by atoms with Gasteiger partial charge in [0.25, 0.3) is 0 Å². The summed E-state index contributed by atoms with van der Waals surface area (Å²) < 4.78 is 35.4. The van der Waals surface area contributed by atoms with Gasteiger partial charge in [0, 0.05) is 0 Å². The number of unbranched alkanes of at least 4 members (excludes halogenated alkanes) is 1. The Hall–Kier alpha value is 0.0400. The van der Waals surface area contributed by atoms with Crippen molar-refractivity contribution in [2.75, 3.05) is 13.2 Å². The zero-order valence-corrected chi connectivity index (χ0v) is 8.89. The predicted octanol–water partition coefficient (Wildman–Crippen LogP) is 3.24. The number of phosphoric ester groups is 1. The van der Waals surface area contributed by atoms with E-state index in [9.17, 15) is 9.09 Å². The van der Waals surface area contributed by atoms with Crippen molar-refractivity contribution in [1.29, 1.82) is 0 Å². The first kappa shape index (κ1) is 13.0. The van der Waals surface area contributed by atoms with Gasteiger partial charge in [-0.25, -0.2) is 4.57 Å². The first-order valence-electron chi connectivity index (χ1n) is 4.38. The van der Waals surface area contributed by atoms with Crippen molar-refractivity contribution in [3.63, 3.8) is 0 Å². The SMILES string of the molecule is CCCCOP(=O)(OF)OCCC. The molecule has 0 amide bonds. The quantitative estimate of drug-likeness (QED) is 0.459. The number of halogens is 1. The molecule has 1 atom stereocenters. The van der Waals surface area contributed by atoms with E-state index in [-0.39, 0.29) is 13.2 Å². The maximum Gasteiger partial charge on any atom is 0.506 e. The summed E-state index contributed by atoms with van der Waals surface area (Å²) in [5.74, 6) is 0. The van der Waals surface area contributed by atoms with Crippen LogP contribution in [0.2, 0.25) is 0 Å². The van der Waals surface area contributed by atoms with Crippen LogP contribution in [0.5, 0.6) is 0 Å². The maximum absolute atomic E-state index is 11.8. The molecule has 0 N–H and O–H groups in total. The van der Waals surface area contributed by atoms with Gasteiger partial charge in [-0.3, -0.25) is 9.05 Å². The molecule has 4 nitrogen and oxygen atoms in total. The average molecular weight is 214 g/mol. The number of hydrogen-bond donors (Lipinski definition) is 0. The van der Waals surface area contributed by atoms with Crippen molar-refractivity contribution in [3.8, 4) is 0 Å². The van der Waals surface area contributed by atoms with Gasteiger partial charge in [-0.1, -0.05) is 25.0 Å². The van der Waals surface area contributed by atoms with E-state index in [4.69, 9.17) is 0 Å². The molecule has 0 heterocycles. The fraction of sp³-hybridized carbons (Fsp3) is 1.00. The molecule has 0 aromatic heterocycles. The molecule has 13 heavy (non-hydrogen) atoms. The Kier molecular flexibility index (Phi) is 7.47. The topological polar surface area (TPSA) is 44.8 Å². The van der Waals surface area contributed by atoms with Crippen molar-refractivity contribution in [1.82, 2.24) is 0 Å². The van der Waals surface area contributed by atoms with Crippen molar-refractivity contribution < 1.29 is 22.9 Å².